The number of anilines is 1. The molecule has 0 aliphatic carbocycles. The van der Waals surface area contributed by atoms with Crippen LogP contribution in [0.1, 0.15) is 37.6 Å². The van der Waals surface area contributed by atoms with Gasteiger partial charge in [-0.1, -0.05) is 38.1 Å². The topological polar surface area (TPSA) is 62.5 Å². The summed E-state index contributed by atoms with van der Waals surface area (Å²) in [5.74, 6) is 1.51. The number of benzene rings is 1. The Hall–Kier alpha value is -2.67. The zero-order valence-electron chi connectivity index (χ0n) is 16.2. The minimum absolute atomic E-state index is 0.0848. The molecule has 3 heterocycles. The average molecular weight is 397 g/mol. The summed E-state index contributed by atoms with van der Waals surface area (Å²) in [7, 11) is 0. The Morgan fingerprint density at radius 1 is 1.29 bits per heavy atom. The van der Waals surface area contributed by atoms with E-state index in [2.05, 4.69) is 47.1 Å². The van der Waals surface area contributed by atoms with E-state index < -0.39 is 0 Å². The fourth-order valence-electron chi connectivity index (χ4n) is 3.67. The Balaban J connectivity index is 1.45. The van der Waals surface area contributed by atoms with E-state index in [0.717, 1.165) is 23.5 Å². The number of aromatic nitrogens is 2. The van der Waals surface area contributed by atoms with Gasteiger partial charge in [-0.25, -0.2) is 0 Å². The Morgan fingerprint density at radius 2 is 2.14 bits per heavy atom. The zero-order valence-corrected chi connectivity index (χ0v) is 17.0. The molecule has 0 bridgehead atoms. The van der Waals surface area contributed by atoms with Crippen molar-refractivity contribution in [2.75, 3.05) is 24.5 Å². The SMILES string of the molecule is CCCN(Cc1nnc(-c2cccs2)o1)C(=O)CN1CC(C)c2ccccc21. The van der Waals surface area contributed by atoms with Crippen LogP contribution >= 0.6 is 11.3 Å². The minimum atomic E-state index is 0.0848. The van der Waals surface area contributed by atoms with E-state index >= 15 is 0 Å². The minimum Gasteiger partial charge on any atom is -0.418 e. The molecule has 2 aromatic heterocycles. The van der Waals surface area contributed by atoms with Gasteiger partial charge in [0.2, 0.25) is 11.8 Å². The monoisotopic (exact) mass is 396 g/mol. The van der Waals surface area contributed by atoms with Gasteiger partial charge in [0.15, 0.2) is 0 Å². The molecule has 0 radical (unpaired) electrons. The van der Waals surface area contributed by atoms with E-state index in [9.17, 15) is 4.79 Å². The number of hydrogen-bond donors (Lipinski definition) is 0. The maximum absolute atomic E-state index is 13.0. The van der Waals surface area contributed by atoms with E-state index in [4.69, 9.17) is 4.42 Å². The highest BCUT2D eigenvalue weighted by Crippen LogP contribution is 2.35. The zero-order chi connectivity index (χ0) is 19.5. The molecular formula is C21H24N4O2S. The van der Waals surface area contributed by atoms with Crippen LogP contribution in [0.4, 0.5) is 5.69 Å². The third-order valence-corrected chi connectivity index (χ3v) is 5.86. The lowest BCUT2D eigenvalue weighted by Gasteiger charge is -2.25. The van der Waals surface area contributed by atoms with E-state index in [-0.39, 0.29) is 5.91 Å². The third-order valence-electron chi connectivity index (χ3n) is 5.00. The molecular weight excluding hydrogens is 372 g/mol. The Morgan fingerprint density at radius 3 is 2.93 bits per heavy atom. The van der Waals surface area contributed by atoms with Crippen molar-refractivity contribution in [3.05, 3.63) is 53.2 Å². The van der Waals surface area contributed by atoms with Gasteiger partial charge in [-0.05, 0) is 29.5 Å². The number of nitrogens with zero attached hydrogens (tertiary/aromatic N) is 4. The van der Waals surface area contributed by atoms with Crippen molar-refractivity contribution in [2.24, 2.45) is 0 Å². The molecule has 6 nitrogen and oxygen atoms in total. The van der Waals surface area contributed by atoms with Crippen molar-refractivity contribution in [3.63, 3.8) is 0 Å². The first-order valence-electron chi connectivity index (χ1n) is 9.63. The quantitative estimate of drug-likeness (QED) is 0.600. The van der Waals surface area contributed by atoms with Crippen molar-refractivity contribution in [1.29, 1.82) is 0 Å². The number of carbonyl (C=O) groups is 1. The molecule has 1 aromatic carbocycles. The number of rotatable bonds is 7. The summed E-state index contributed by atoms with van der Waals surface area (Å²) in [5, 5.41) is 10.2. The van der Waals surface area contributed by atoms with E-state index in [1.807, 2.05) is 28.5 Å². The van der Waals surface area contributed by atoms with Crippen LogP contribution in [0.2, 0.25) is 0 Å². The summed E-state index contributed by atoms with van der Waals surface area (Å²) >= 11 is 1.56. The highest BCUT2D eigenvalue weighted by Gasteiger charge is 2.28. The summed E-state index contributed by atoms with van der Waals surface area (Å²) < 4.78 is 5.78. The van der Waals surface area contributed by atoms with E-state index in [1.54, 1.807) is 11.3 Å². The lowest BCUT2D eigenvalue weighted by molar-refractivity contribution is -0.130. The van der Waals surface area contributed by atoms with E-state index in [1.165, 1.54) is 5.56 Å². The fourth-order valence-corrected chi connectivity index (χ4v) is 4.32. The molecule has 1 atom stereocenters. The standard InChI is InChI=1S/C21H24N4O2S/c1-3-10-24(13-19-22-23-21(27-19)18-9-6-11-28-18)20(26)14-25-12-15(2)16-7-4-5-8-17(16)25/h4-9,11,15H,3,10,12-14H2,1-2H3. The van der Waals surface area contributed by atoms with Crippen LogP contribution < -0.4 is 4.90 Å². The van der Waals surface area contributed by atoms with Crippen LogP contribution in [0, 0.1) is 0 Å². The van der Waals surface area contributed by atoms with Gasteiger partial charge in [0.25, 0.3) is 5.89 Å². The molecule has 4 rings (SSSR count). The van der Waals surface area contributed by atoms with Gasteiger partial charge in [0.05, 0.1) is 18.0 Å². The predicted molar refractivity (Wildman–Crippen MR) is 110 cm³/mol. The Labute approximate surface area is 168 Å². The molecule has 146 valence electrons. The van der Waals surface area contributed by atoms with Gasteiger partial charge in [-0.15, -0.1) is 21.5 Å². The molecule has 1 unspecified atom stereocenters. The van der Waals surface area contributed by atoms with Crippen molar-refractivity contribution >= 4 is 22.9 Å². The first kappa shape index (κ1) is 18.7. The van der Waals surface area contributed by atoms with Crippen LogP contribution in [-0.2, 0) is 11.3 Å². The molecule has 1 amide bonds. The maximum atomic E-state index is 13.0. The van der Waals surface area contributed by atoms with Gasteiger partial charge in [0.1, 0.15) is 0 Å². The second-order valence-corrected chi connectivity index (χ2v) is 8.08. The molecule has 0 saturated heterocycles. The maximum Gasteiger partial charge on any atom is 0.257 e. The smallest absolute Gasteiger partial charge is 0.257 e. The van der Waals surface area contributed by atoms with Crippen molar-refractivity contribution in [2.45, 2.75) is 32.7 Å². The molecule has 1 aliphatic heterocycles. The van der Waals surface area contributed by atoms with Crippen LogP contribution in [0.25, 0.3) is 10.8 Å². The Kier molecular flexibility index (Phi) is 5.43. The number of carbonyl (C=O) groups excluding carboxylic acids is 1. The normalized spacial score (nSPS) is 15.6. The molecule has 7 heteroatoms. The first-order valence-corrected chi connectivity index (χ1v) is 10.5. The predicted octanol–water partition coefficient (Wildman–Crippen LogP) is 4.16. The second-order valence-electron chi connectivity index (χ2n) is 7.13. The Bertz CT molecular complexity index is 938. The summed E-state index contributed by atoms with van der Waals surface area (Å²) in [6.45, 7) is 6.52. The van der Waals surface area contributed by atoms with Crippen molar-refractivity contribution in [3.8, 4) is 10.8 Å². The lowest BCUT2D eigenvalue weighted by Crippen LogP contribution is -2.40. The summed E-state index contributed by atoms with van der Waals surface area (Å²) in [6.07, 6.45) is 0.880. The van der Waals surface area contributed by atoms with Gasteiger partial charge in [0, 0.05) is 24.7 Å². The highest BCUT2D eigenvalue weighted by molar-refractivity contribution is 7.13. The molecule has 3 aromatic rings. The number of para-hydroxylation sites is 1. The van der Waals surface area contributed by atoms with Gasteiger partial charge < -0.3 is 14.2 Å². The van der Waals surface area contributed by atoms with Crippen molar-refractivity contribution < 1.29 is 9.21 Å². The summed E-state index contributed by atoms with van der Waals surface area (Å²) in [5.41, 5.74) is 2.48. The second kappa shape index (κ2) is 8.14. The van der Waals surface area contributed by atoms with Crippen LogP contribution in [0.15, 0.2) is 46.2 Å². The molecule has 0 fully saturated rings. The van der Waals surface area contributed by atoms with Crippen LogP contribution in [0.3, 0.4) is 0 Å². The average Bonchev–Trinajstić information content (AvgIpc) is 3.43. The number of thiophene rings is 1. The highest BCUT2D eigenvalue weighted by atomic mass is 32.1. The van der Waals surface area contributed by atoms with Crippen molar-refractivity contribution in [1.82, 2.24) is 15.1 Å². The van der Waals surface area contributed by atoms with Crippen LogP contribution in [0.5, 0.6) is 0 Å². The molecule has 28 heavy (non-hydrogen) atoms. The van der Waals surface area contributed by atoms with Gasteiger partial charge in [-0.2, -0.15) is 0 Å². The van der Waals surface area contributed by atoms with E-state index in [0.29, 0.717) is 37.3 Å². The number of fused-ring (bicyclic) bond motifs is 1. The fraction of sp³-hybridized carbons (Fsp3) is 0.381. The molecule has 0 N–H and O–H groups in total. The molecule has 1 aliphatic rings. The van der Waals surface area contributed by atoms with Crippen LogP contribution in [-0.4, -0.2) is 40.6 Å². The number of hydrogen-bond acceptors (Lipinski definition) is 6. The molecule has 0 saturated carbocycles. The van der Waals surface area contributed by atoms with Gasteiger partial charge >= 0.3 is 0 Å². The lowest BCUT2D eigenvalue weighted by atomic mass is 10.0. The first-order chi connectivity index (χ1) is 13.7. The third kappa shape index (κ3) is 3.80. The summed E-state index contributed by atoms with van der Waals surface area (Å²) in [4.78, 5) is 18.0. The molecule has 0 spiro atoms. The summed E-state index contributed by atoms with van der Waals surface area (Å²) in [6, 6.07) is 12.2. The number of amides is 1. The van der Waals surface area contributed by atoms with Gasteiger partial charge in [-0.3, -0.25) is 4.79 Å². The largest absolute Gasteiger partial charge is 0.418 e.